The van der Waals surface area contributed by atoms with Crippen molar-refractivity contribution in [3.63, 3.8) is 0 Å². The summed E-state index contributed by atoms with van der Waals surface area (Å²) < 4.78 is 5.08. The predicted octanol–water partition coefficient (Wildman–Crippen LogP) is -0.311. The smallest absolute Gasteiger partial charge is 0.315 e. The fourth-order valence-electron chi connectivity index (χ4n) is 1.77. The highest BCUT2D eigenvalue weighted by atomic mass is 16.5. The van der Waals surface area contributed by atoms with E-state index < -0.39 is 24.0 Å². The van der Waals surface area contributed by atoms with E-state index in [9.17, 15) is 14.7 Å². The van der Waals surface area contributed by atoms with E-state index in [4.69, 9.17) is 9.84 Å². The van der Waals surface area contributed by atoms with Gasteiger partial charge in [-0.15, -0.1) is 0 Å². The van der Waals surface area contributed by atoms with Crippen LogP contribution in [-0.4, -0.2) is 53.6 Å². The van der Waals surface area contributed by atoms with Crippen LogP contribution in [0.4, 0.5) is 4.79 Å². The average Bonchev–Trinajstić information content (AvgIpc) is 2.18. The van der Waals surface area contributed by atoms with E-state index in [-0.39, 0.29) is 18.7 Å². The number of hydrogen-bond donors (Lipinski definition) is 4. The first kappa shape index (κ1) is 14.7. The summed E-state index contributed by atoms with van der Waals surface area (Å²) >= 11 is 0. The molecule has 0 aromatic carbocycles. The maximum atomic E-state index is 11.5. The third-order valence-corrected chi connectivity index (χ3v) is 2.93. The molecule has 0 bridgehead atoms. The largest absolute Gasteiger partial charge is 0.481 e. The molecule has 0 aromatic heterocycles. The Morgan fingerprint density at radius 1 is 1.44 bits per heavy atom. The van der Waals surface area contributed by atoms with Gasteiger partial charge in [0, 0.05) is 19.7 Å². The zero-order valence-electron chi connectivity index (χ0n) is 10.6. The molecule has 0 radical (unpaired) electrons. The van der Waals surface area contributed by atoms with Crippen molar-refractivity contribution >= 4 is 12.0 Å². The average molecular weight is 260 g/mol. The van der Waals surface area contributed by atoms with Crippen molar-refractivity contribution < 1.29 is 24.5 Å². The molecule has 4 N–H and O–H groups in total. The molecule has 1 saturated carbocycles. The van der Waals surface area contributed by atoms with Gasteiger partial charge in [-0.05, 0) is 19.8 Å². The van der Waals surface area contributed by atoms with E-state index in [2.05, 4.69) is 10.6 Å². The van der Waals surface area contributed by atoms with Crippen molar-refractivity contribution in [3.05, 3.63) is 0 Å². The lowest BCUT2D eigenvalue weighted by Crippen LogP contribution is -2.53. The number of hydrogen-bond acceptors (Lipinski definition) is 4. The first-order valence-electron chi connectivity index (χ1n) is 5.84. The van der Waals surface area contributed by atoms with Gasteiger partial charge in [-0.3, -0.25) is 4.79 Å². The Bertz CT molecular complexity index is 313. The number of carbonyl (C=O) groups excluding carboxylic acids is 1. The number of carboxylic acids is 1. The summed E-state index contributed by atoms with van der Waals surface area (Å²) in [6.45, 7) is 1.26. The Balaban J connectivity index is 2.19. The summed E-state index contributed by atoms with van der Waals surface area (Å²) in [5, 5.41) is 23.4. The molecule has 0 saturated heterocycles. The van der Waals surface area contributed by atoms with Crippen LogP contribution in [0, 0.1) is 0 Å². The molecule has 0 aromatic rings. The molecule has 0 spiro atoms. The zero-order chi connectivity index (χ0) is 13.8. The summed E-state index contributed by atoms with van der Waals surface area (Å²) in [5.41, 5.74) is -1.45. The Hall–Kier alpha value is -1.34. The molecule has 104 valence electrons. The van der Waals surface area contributed by atoms with Crippen molar-refractivity contribution in [2.45, 2.75) is 43.9 Å². The van der Waals surface area contributed by atoms with Crippen molar-refractivity contribution in [2.24, 2.45) is 0 Å². The Morgan fingerprint density at radius 3 is 2.56 bits per heavy atom. The molecule has 1 rings (SSSR count). The molecular formula is C11H20N2O5. The second-order valence-corrected chi connectivity index (χ2v) is 4.92. The van der Waals surface area contributed by atoms with Gasteiger partial charge in [0.2, 0.25) is 0 Å². The maximum Gasteiger partial charge on any atom is 0.315 e. The second-order valence-electron chi connectivity index (χ2n) is 4.92. The molecule has 0 heterocycles. The van der Waals surface area contributed by atoms with Gasteiger partial charge in [-0.1, -0.05) is 0 Å². The number of nitrogens with one attached hydrogen (secondary N) is 2. The van der Waals surface area contributed by atoms with Gasteiger partial charge >= 0.3 is 12.0 Å². The topological polar surface area (TPSA) is 108 Å². The second kappa shape index (κ2) is 6.01. The molecule has 18 heavy (non-hydrogen) atoms. The predicted molar refractivity (Wildman–Crippen MR) is 63.2 cm³/mol. The first-order chi connectivity index (χ1) is 8.32. The minimum absolute atomic E-state index is 0.0828. The standard InChI is InChI=1S/C11H20N2O5/c1-11(17,5-9(14)15)6-12-10(16)13-7-3-8(4-7)18-2/h7-8,17H,3-6H2,1-2H3,(H,14,15)(H2,12,13,16). The molecule has 2 amide bonds. The highest BCUT2D eigenvalue weighted by molar-refractivity contribution is 5.74. The quantitative estimate of drug-likeness (QED) is 0.524. The summed E-state index contributed by atoms with van der Waals surface area (Å²) in [5.74, 6) is -1.11. The summed E-state index contributed by atoms with van der Waals surface area (Å²) in [6, 6.07) is -0.320. The number of urea groups is 1. The number of carbonyl (C=O) groups is 2. The normalized spacial score (nSPS) is 25.7. The summed E-state index contributed by atoms with van der Waals surface area (Å²) in [6.07, 6.45) is 1.33. The number of methoxy groups -OCH3 is 1. The van der Waals surface area contributed by atoms with Gasteiger partial charge in [0.1, 0.15) is 0 Å². The van der Waals surface area contributed by atoms with Crippen molar-refractivity contribution in [3.8, 4) is 0 Å². The molecule has 1 aliphatic rings. The highest BCUT2D eigenvalue weighted by Crippen LogP contribution is 2.22. The van der Waals surface area contributed by atoms with Crippen molar-refractivity contribution in [2.75, 3.05) is 13.7 Å². The van der Waals surface area contributed by atoms with Crippen molar-refractivity contribution in [1.82, 2.24) is 10.6 Å². The molecule has 7 nitrogen and oxygen atoms in total. The lowest BCUT2D eigenvalue weighted by Gasteiger charge is -2.34. The fourth-order valence-corrected chi connectivity index (χ4v) is 1.77. The van der Waals surface area contributed by atoms with Gasteiger partial charge in [-0.25, -0.2) is 4.79 Å². The van der Waals surface area contributed by atoms with Crippen LogP contribution in [0.1, 0.15) is 26.2 Å². The van der Waals surface area contributed by atoms with Crippen LogP contribution in [0.5, 0.6) is 0 Å². The van der Waals surface area contributed by atoms with E-state index >= 15 is 0 Å². The maximum absolute atomic E-state index is 11.5. The van der Waals surface area contributed by atoms with Crippen LogP contribution >= 0.6 is 0 Å². The third-order valence-electron chi connectivity index (χ3n) is 2.93. The molecular weight excluding hydrogens is 240 g/mol. The van der Waals surface area contributed by atoms with Crippen LogP contribution in [0.3, 0.4) is 0 Å². The Morgan fingerprint density at radius 2 is 2.06 bits per heavy atom. The van der Waals surface area contributed by atoms with Crippen LogP contribution in [0.15, 0.2) is 0 Å². The van der Waals surface area contributed by atoms with E-state index in [0.29, 0.717) is 0 Å². The summed E-state index contributed by atoms with van der Waals surface area (Å²) in [4.78, 5) is 21.9. The molecule has 1 aliphatic carbocycles. The van der Waals surface area contributed by atoms with E-state index in [1.165, 1.54) is 6.92 Å². The fraction of sp³-hybridized carbons (Fsp3) is 0.818. The Kier molecular flexibility index (Phi) is 4.92. The number of aliphatic carboxylic acids is 1. The van der Waals surface area contributed by atoms with Gasteiger partial charge in [0.25, 0.3) is 0 Å². The van der Waals surface area contributed by atoms with Crippen LogP contribution in [0.25, 0.3) is 0 Å². The van der Waals surface area contributed by atoms with Crippen LogP contribution < -0.4 is 10.6 Å². The minimum atomic E-state index is -1.45. The minimum Gasteiger partial charge on any atom is -0.481 e. The number of carboxylic acid groups (broad SMARTS) is 1. The first-order valence-corrected chi connectivity index (χ1v) is 5.84. The van der Waals surface area contributed by atoms with Gasteiger partial charge < -0.3 is 25.6 Å². The van der Waals surface area contributed by atoms with Crippen LogP contribution in [0.2, 0.25) is 0 Å². The number of amides is 2. The highest BCUT2D eigenvalue weighted by Gasteiger charge is 2.31. The zero-order valence-corrected chi connectivity index (χ0v) is 10.6. The SMILES string of the molecule is COC1CC(NC(=O)NCC(C)(O)CC(=O)O)C1. The molecule has 0 aliphatic heterocycles. The number of aliphatic hydroxyl groups is 1. The molecule has 7 heteroatoms. The van der Waals surface area contributed by atoms with Crippen molar-refractivity contribution in [1.29, 1.82) is 0 Å². The van der Waals surface area contributed by atoms with Crippen LogP contribution in [-0.2, 0) is 9.53 Å². The van der Waals surface area contributed by atoms with Gasteiger partial charge in [-0.2, -0.15) is 0 Å². The van der Waals surface area contributed by atoms with E-state index in [1.54, 1.807) is 7.11 Å². The number of rotatable bonds is 6. The Labute approximate surface area is 106 Å². The van der Waals surface area contributed by atoms with Gasteiger partial charge in [0.05, 0.1) is 18.1 Å². The molecule has 1 unspecified atom stereocenters. The lowest BCUT2D eigenvalue weighted by atomic mass is 9.89. The van der Waals surface area contributed by atoms with E-state index in [0.717, 1.165) is 12.8 Å². The van der Waals surface area contributed by atoms with Gasteiger partial charge in [0.15, 0.2) is 0 Å². The molecule has 1 atom stereocenters. The third kappa shape index (κ3) is 4.89. The number of ether oxygens (including phenoxy) is 1. The lowest BCUT2D eigenvalue weighted by molar-refractivity contribution is -0.141. The van der Waals surface area contributed by atoms with E-state index in [1.807, 2.05) is 0 Å². The monoisotopic (exact) mass is 260 g/mol. The molecule has 1 fully saturated rings. The summed E-state index contributed by atoms with van der Waals surface area (Å²) in [7, 11) is 1.63.